The Balaban J connectivity index is 2.05. The molecule has 1 N–H and O–H groups in total. The van der Waals surface area contributed by atoms with Crippen molar-refractivity contribution < 1.29 is 38.1 Å². The van der Waals surface area contributed by atoms with Gasteiger partial charge in [0.1, 0.15) is 19.0 Å². The molecule has 1 aliphatic rings. The zero-order valence-corrected chi connectivity index (χ0v) is 24.5. The van der Waals surface area contributed by atoms with Gasteiger partial charge in [-0.1, -0.05) is 62.3 Å². The smallest absolute Gasteiger partial charge is 0.308 e. The van der Waals surface area contributed by atoms with E-state index in [4.69, 9.17) is 18.9 Å². The molecule has 0 aliphatic carbocycles. The van der Waals surface area contributed by atoms with Gasteiger partial charge in [0, 0.05) is 5.41 Å². The van der Waals surface area contributed by atoms with E-state index in [0.717, 1.165) is 0 Å². The fourth-order valence-corrected chi connectivity index (χ4v) is 3.63. The molecule has 0 unspecified atom stereocenters. The Morgan fingerprint density at radius 3 is 2.02 bits per heavy atom. The Hall–Kier alpha value is -3.61. The first-order valence-corrected chi connectivity index (χ1v) is 13.3. The topological polar surface area (TPSA) is 161 Å². The van der Waals surface area contributed by atoms with Gasteiger partial charge in [0.05, 0.1) is 24.1 Å². The fourth-order valence-electron chi connectivity index (χ4n) is 3.63. The van der Waals surface area contributed by atoms with Crippen LogP contribution < -0.4 is 5.32 Å². The highest BCUT2D eigenvalue weighted by atomic mass is 16.7. The maximum atomic E-state index is 12.8. The van der Waals surface area contributed by atoms with E-state index >= 15 is 0 Å². The lowest BCUT2D eigenvalue weighted by atomic mass is 9.96. The molecule has 220 valence electrons. The summed E-state index contributed by atoms with van der Waals surface area (Å²) in [6.45, 7) is 15.1. The summed E-state index contributed by atoms with van der Waals surface area (Å²) in [5, 5.41) is 2.77. The summed E-state index contributed by atoms with van der Waals surface area (Å²) in [7, 11) is 0. The molecule has 2 aromatic heterocycles. The molecule has 1 saturated heterocycles. The highest BCUT2D eigenvalue weighted by molar-refractivity contribution is 5.99. The van der Waals surface area contributed by atoms with Gasteiger partial charge in [-0.15, -0.1) is 0 Å². The lowest BCUT2D eigenvalue weighted by molar-refractivity contribution is -0.173. The van der Waals surface area contributed by atoms with Crippen molar-refractivity contribution in [2.24, 2.45) is 23.2 Å². The molecule has 3 rings (SSSR count). The summed E-state index contributed by atoms with van der Waals surface area (Å²) in [4.78, 5) is 63.2. The maximum absolute atomic E-state index is 12.8. The maximum Gasteiger partial charge on any atom is 0.308 e. The number of nitrogens with zero attached hydrogens (tertiary/aromatic N) is 4. The van der Waals surface area contributed by atoms with Crippen LogP contribution in [0.5, 0.6) is 0 Å². The van der Waals surface area contributed by atoms with Crippen LogP contribution in [0.2, 0.25) is 0 Å². The van der Waals surface area contributed by atoms with Crippen LogP contribution in [0.3, 0.4) is 0 Å². The van der Waals surface area contributed by atoms with E-state index in [1.54, 1.807) is 62.3 Å². The van der Waals surface area contributed by atoms with E-state index in [9.17, 15) is 19.2 Å². The summed E-state index contributed by atoms with van der Waals surface area (Å²) in [5.41, 5.74) is -0.120. The van der Waals surface area contributed by atoms with Crippen molar-refractivity contribution in [1.82, 2.24) is 19.5 Å². The number of aromatic nitrogens is 4. The van der Waals surface area contributed by atoms with Crippen molar-refractivity contribution in [2.45, 2.75) is 86.9 Å². The van der Waals surface area contributed by atoms with Gasteiger partial charge in [0.15, 0.2) is 35.4 Å². The number of hydrogen-bond acceptors (Lipinski definition) is 11. The number of anilines is 1. The third-order valence-corrected chi connectivity index (χ3v) is 6.14. The molecule has 13 heteroatoms. The summed E-state index contributed by atoms with van der Waals surface area (Å²) < 4.78 is 24.8. The molecule has 0 spiro atoms. The zero-order valence-electron chi connectivity index (χ0n) is 24.5. The van der Waals surface area contributed by atoms with Crippen molar-refractivity contribution in [3.8, 4) is 0 Å². The van der Waals surface area contributed by atoms with E-state index in [1.165, 1.54) is 17.2 Å². The second-order valence-corrected chi connectivity index (χ2v) is 11.7. The monoisotopic (exact) mass is 561 g/mol. The fraction of sp³-hybridized carbons (Fsp3) is 0.667. The standard InChI is InChI=1S/C27H39N5O8/c1-13(2)23(33)37-10-16-18(39-24(34)14(3)4)19(40-25(35)15(5)6)22(38-16)32-12-30-17-20(28-11-29-21(17)32)31-26(36)27(7,8)9/h11-16,18-19,22H,10H2,1-9H3,(H,28,29,31,36)/t16-,18-,19-,22-/m1/s1. The summed E-state index contributed by atoms with van der Waals surface area (Å²) >= 11 is 0. The molecule has 13 nitrogen and oxygen atoms in total. The largest absolute Gasteiger partial charge is 0.463 e. The first-order chi connectivity index (χ1) is 18.6. The number of amides is 1. The number of ether oxygens (including phenoxy) is 4. The molecule has 1 aliphatic heterocycles. The van der Waals surface area contributed by atoms with Gasteiger partial charge in [0.25, 0.3) is 0 Å². The van der Waals surface area contributed by atoms with Crippen LogP contribution in [0.25, 0.3) is 11.2 Å². The second kappa shape index (κ2) is 12.3. The molecule has 3 heterocycles. The van der Waals surface area contributed by atoms with Crippen LogP contribution in [0.15, 0.2) is 12.7 Å². The lowest BCUT2D eigenvalue weighted by Gasteiger charge is -2.26. The third kappa shape index (κ3) is 6.93. The van der Waals surface area contributed by atoms with Gasteiger partial charge in [-0.25, -0.2) is 15.0 Å². The molecular weight excluding hydrogens is 522 g/mol. The van der Waals surface area contributed by atoms with E-state index in [1.807, 2.05) is 0 Å². The Morgan fingerprint density at radius 1 is 0.900 bits per heavy atom. The summed E-state index contributed by atoms with van der Waals surface area (Å²) in [6.07, 6.45) is -1.55. The van der Waals surface area contributed by atoms with Crippen molar-refractivity contribution in [3.63, 3.8) is 0 Å². The van der Waals surface area contributed by atoms with Crippen molar-refractivity contribution in [3.05, 3.63) is 12.7 Å². The van der Waals surface area contributed by atoms with Crippen LogP contribution in [0.4, 0.5) is 5.82 Å². The molecule has 0 bridgehead atoms. The van der Waals surface area contributed by atoms with Crippen LogP contribution in [-0.2, 0) is 38.1 Å². The molecule has 2 aromatic rings. The predicted octanol–water partition coefficient (Wildman–Crippen LogP) is 3.04. The van der Waals surface area contributed by atoms with E-state index in [-0.39, 0.29) is 35.4 Å². The number of rotatable bonds is 9. The Morgan fingerprint density at radius 2 is 1.48 bits per heavy atom. The molecule has 1 fully saturated rings. The predicted molar refractivity (Wildman–Crippen MR) is 143 cm³/mol. The van der Waals surface area contributed by atoms with Crippen LogP contribution in [-0.4, -0.2) is 68.3 Å². The number of carbonyl (C=O) groups is 4. The average molecular weight is 562 g/mol. The van der Waals surface area contributed by atoms with Crippen molar-refractivity contribution in [2.75, 3.05) is 11.9 Å². The van der Waals surface area contributed by atoms with Gasteiger partial charge >= 0.3 is 17.9 Å². The quantitative estimate of drug-likeness (QED) is 0.354. The summed E-state index contributed by atoms with van der Waals surface area (Å²) in [5.74, 6) is -2.96. The van der Waals surface area contributed by atoms with Crippen molar-refractivity contribution >= 4 is 40.8 Å². The van der Waals surface area contributed by atoms with Gasteiger partial charge < -0.3 is 24.3 Å². The van der Waals surface area contributed by atoms with Crippen molar-refractivity contribution in [1.29, 1.82) is 0 Å². The number of carbonyl (C=O) groups excluding carboxylic acids is 4. The number of nitrogens with one attached hydrogen (secondary N) is 1. The van der Waals surface area contributed by atoms with Gasteiger partial charge in [-0.2, -0.15) is 0 Å². The molecule has 40 heavy (non-hydrogen) atoms. The second-order valence-electron chi connectivity index (χ2n) is 11.7. The van der Waals surface area contributed by atoms with Gasteiger partial charge in [-0.05, 0) is 0 Å². The minimum Gasteiger partial charge on any atom is -0.463 e. The van der Waals surface area contributed by atoms with E-state index in [0.29, 0.717) is 0 Å². The highest BCUT2D eigenvalue weighted by Crippen LogP contribution is 2.37. The third-order valence-electron chi connectivity index (χ3n) is 6.14. The molecule has 1 amide bonds. The first kappa shape index (κ1) is 30.9. The van der Waals surface area contributed by atoms with Crippen LogP contribution in [0.1, 0.15) is 68.5 Å². The van der Waals surface area contributed by atoms with Crippen LogP contribution >= 0.6 is 0 Å². The van der Waals surface area contributed by atoms with Gasteiger partial charge in [0.2, 0.25) is 5.91 Å². The lowest BCUT2D eigenvalue weighted by Crippen LogP contribution is -2.42. The Bertz CT molecular complexity index is 1250. The van der Waals surface area contributed by atoms with E-state index < -0.39 is 59.7 Å². The Labute approximate surface area is 233 Å². The molecule has 0 aromatic carbocycles. The number of fused-ring (bicyclic) bond motifs is 1. The number of esters is 3. The Kier molecular flexibility index (Phi) is 9.49. The van der Waals surface area contributed by atoms with Gasteiger partial charge in [-0.3, -0.25) is 23.7 Å². The normalized spacial score (nSPS) is 21.2. The minimum atomic E-state index is -1.12. The highest BCUT2D eigenvalue weighted by Gasteiger charge is 2.52. The molecular formula is C27H39N5O8. The average Bonchev–Trinajstić information content (AvgIpc) is 3.43. The molecule has 0 saturated carbocycles. The molecule has 4 atom stereocenters. The van der Waals surface area contributed by atoms with Crippen LogP contribution in [0, 0.1) is 23.2 Å². The molecule has 0 radical (unpaired) electrons. The number of imidazole rings is 1. The minimum absolute atomic E-state index is 0.197. The SMILES string of the molecule is CC(C)C(=O)OC[C@H]1O[C@@H](n2cnc3c(NC(=O)C(C)(C)C)ncnc32)[C@H](OC(=O)C(C)C)[C@@H]1OC(=O)C(C)C. The first-order valence-electron chi connectivity index (χ1n) is 13.3. The zero-order chi connectivity index (χ0) is 29.9. The van der Waals surface area contributed by atoms with E-state index in [2.05, 4.69) is 20.3 Å². The number of hydrogen-bond donors (Lipinski definition) is 1. The summed E-state index contributed by atoms with van der Waals surface area (Å²) in [6, 6.07) is 0.